The predicted octanol–water partition coefficient (Wildman–Crippen LogP) is 2.20. The Balaban J connectivity index is 1.55. The molecule has 2 aromatic rings. The number of carbonyl (C=O) groups excluding carboxylic acids is 1. The number of amides is 1. The fourth-order valence-electron chi connectivity index (χ4n) is 3.64. The quantitative estimate of drug-likeness (QED) is 0.884. The van der Waals surface area contributed by atoms with Gasteiger partial charge in [-0.05, 0) is 12.5 Å². The maximum absolute atomic E-state index is 12.4. The summed E-state index contributed by atoms with van der Waals surface area (Å²) in [6.45, 7) is 2.38. The smallest absolute Gasteiger partial charge is 0.369 e. The molecule has 1 N–H and O–H groups in total. The van der Waals surface area contributed by atoms with Crippen molar-refractivity contribution in [3.05, 3.63) is 24.0 Å². The highest BCUT2D eigenvalue weighted by Gasteiger charge is 2.34. The highest BCUT2D eigenvalue weighted by molar-refractivity contribution is 5.97. The van der Waals surface area contributed by atoms with Crippen molar-refractivity contribution in [2.75, 3.05) is 42.9 Å². The van der Waals surface area contributed by atoms with Crippen LogP contribution in [0.4, 0.5) is 24.7 Å². The normalized spacial score (nSPS) is 17.3. The molecule has 6 nitrogen and oxygen atoms in total. The number of nitrogens with one attached hydrogen (secondary N) is 1. The summed E-state index contributed by atoms with van der Waals surface area (Å²) in [6.07, 6.45) is -1.54. The number of fused-ring (bicyclic) bond motifs is 3. The first-order valence-corrected chi connectivity index (χ1v) is 8.52. The number of hydrogen-bond donors (Lipinski definition) is 1. The molecule has 0 bridgehead atoms. The number of rotatable bonds is 2. The minimum absolute atomic E-state index is 0.282. The molecule has 2 aliphatic heterocycles. The molecule has 1 amide bonds. The van der Waals surface area contributed by atoms with Crippen molar-refractivity contribution in [2.24, 2.45) is 0 Å². The largest absolute Gasteiger partial charge is 0.397 e. The van der Waals surface area contributed by atoms with Gasteiger partial charge in [-0.1, -0.05) is 0 Å². The molecule has 0 radical (unpaired) electrons. The summed E-state index contributed by atoms with van der Waals surface area (Å²) in [4.78, 5) is 24.0. The number of piperazine rings is 1. The Hall–Kier alpha value is -2.58. The van der Waals surface area contributed by atoms with Gasteiger partial charge in [0.2, 0.25) is 5.91 Å². The van der Waals surface area contributed by atoms with E-state index in [1.165, 1.54) is 4.90 Å². The first kappa shape index (κ1) is 16.9. The van der Waals surface area contributed by atoms with Crippen molar-refractivity contribution in [1.82, 2.24) is 14.9 Å². The molecular formula is C17H18F3N5O. The standard InChI is InChI=1S/C17H18F3N5O/c18-17(19,20)9-14(26)25-7-5-24(6-8-25)13-2-4-21-12-10-23-16-11(15(12)13)1-3-22-16/h2,4,10H,1,3,5-9H2,(H,22,23). The van der Waals surface area contributed by atoms with E-state index < -0.39 is 18.5 Å². The summed E-state index contributed by atoms with van der Waals surface area (Å²) in [5.74, 6) is 0.0109. The Labute approximate surface area is 148 Å². The number of nitrogens with zero attached hydrogens (tertiary/aromatic N) is 4. The van der Waals surface area contributed by atoms with E-state index in [4.69, 9.17) is 0 Å². The summed E-state index contributed by atoms with van der Waals surface area (Å²) in [5, 5.41) is 4.29. The molecule has 0 saturated carbocycles. The summed E-state index contributed by atoms with van der Waals surface area (Å²) < 4.78 is 37.3. The van der Waals surface area contributed by atoms with Crippen molar-refractivity contribution in [3.63, 3.8) is 0 Å². The number of carbonyl (C=O) groups is 1. The van der Waals surface area contributed by atoms with E-state index in [1.807, 2.05) is 6.07 Å². The van der Waals surface area contributed by atoms with Crippen LogP contribution in [0, 0.1) is 0 Å². The Morgan fingerprint density at radius 1 is 1.19 bits per heavy atom. The third-order valence-electron chi connectivity index (χ3n) is 4.85. The third-order valence-corrected chi connectivity index (χ3v) is 4.85. The molecule has 0 aliphatic carbocycles. The van der Waals surface area contributed by atoms with E-state index in [-0.39, 0.29) is 13.1 Å². The fourth-order valence-corrected chi connectivity index (χ4v) is 3.64. The number of hydrogen-bond acceptors (Lipinski definition) is 5. The lowest BCUT2D eigenvalue weighted by Gasteiger charge is -2.36. The van der Waals surface area contributed by atoms with Crippen molar-refractivity contribution < 1.29 is 18.0 Å². The zero-order chi connectivity index (χ0) is 18.3. The number of pyridine rings is 2. The third kappa shape index (κ3) is 3.13. The van der Waals surface area contributed by atoms with Gasteiger partial charge in [-0.2, -0.15) is 13.2 Å². The number of halogens is 3. The van der Waals surface area contributed by atoms with Crippen LogP contribution in [-0.2, 0) is 11.2 Å². The first-order chi connectivity index (χ1) is 12.4. The second kappa shape index (κ2) is 6.30. The Kier molecular flexibility index (Phi) is 4.08. The molecule has 4 rings (SSSR count). The Morgan fingerprint density at radius 3 is 2.69 bits per heavy atom. The second-order valence-electron chi connectivity index (χ2n) is 6.51. The van der Waals surface area contributed by atoms with Gasteiger partial charge >= 0.3 is 6.18 Å². The van der Waals surface area contributed by atoms with Gasteiger partial charge in [-0.3, -0.25) is 9.78 Å². The maximum Gasteiger partial charge on any atom is 0.397 e. The SMILES string of the molecule is O=C(CC(F)(F)F)N1CCN(c2ccnc3cnc4c(c23)CCN4)CC1. The molecule has 138 valence electrons. The van der Waals surface area contributed by atoms with Gasteiger partial charge in [0.25, 0.3) is 0 Å². The van der Waals surface area contributed by atoms with Crippen LogP contribution >= 0.6 is 0 Å². The van der Waals surface area contributed by atoms with Gasteiger partial charge in [0.1, 0.15) is 12.2 Å². The van der Waals surface area contributed by atoms with Gasteiger partial charge in [-0.15, -0.1) is 0 Å². The molecule has 2 aliphatic rings. The lowest BCUT2D eigenvalue weighted by Crippen LogP contribution is -2.49. The van der Waals surface area contributed by atoms with E-state index in [0.717, 1.165) is 40.9 Å². The molecule has 4 heterocycles. The van der Waals surface area contributed by atoms with Gasteiger partial charge in [0.05, 0.1) is 11.7 Å². The van der Waals surface area contributed by atoms with Gasteiger partial charge in [0.15, 0.2) is 0 Å². The Morgan fingerprint density at radius 2 is 1.96 bits per heavy atom. The van der Waals surface area contributed by atoms with E-state index in [1.54, 1.807) is 12.4 Å². The summed E-state index contributed by atoms with van der Waals surface area (Å²) in [7, 11) is 0. The molecule has 0 aromatic carbocycles. The van der Waals surface area contributed by atoms with E-state index in [2.05, 4.69) is 20.2 Å². The molecule has 1 fully saturated rings. The van der Waals surface area contributed by atoms with E-state index >= 15 is 0 Å². The van der Waals surface area contributed by atoms with Crippen molar-refractivity contribution in [3.8, 4) is 0 Å². The molecule has 26 heavy (non-hydrogen) atoms. The van der Waals surface area contributed by atoms with Crippen molar-refractivity contribution >= 4 is 28.3 Å². The van der Waals surface area contributed by atoms with Crippen LogP contribution in [0.15, 0.2) is 18.5 Å². The molecule has 0 spiro atoms. The number of anilines is 2. The van der Waals surface area contributed by atoms with Crippen LogP contribution in [0.1, 0.15) is 12.0 Å². The lowest BCUT2D eigenvalue weighted by atomic mass is 10.1. The van der Waals surface area contributed by atoms with Crippen molar-refractivity contribution in [2.45, 2.75) is 19.0 Å². The van der Waals surface area contributed by atoms with Crippen LogP contribution in [0.3, 0.4) is 0 Å². The predicted molar refractivity (Wildman–Crippen MR) is 91.2 cm³/mol. The number of alkyl halides is 3. The summed E-state index contributed by atoms with van der Waals surface area (Å²) in [6, 6.07) is 1.92. The van der Waals surface area contributed by atoms with E-state index in [9.17, 15) is 18.0 Å². The monoisotopic (exact) mass is 365 g/mol. The zero-order valence-electron chi connectivity index (χ0n) is 14.0. The average molecular weight is 365 g/mol. The molecule has 2 aromatic heterocycles. The van der Waals surface area contributed by atoms with Crippen LogP contribution in [0.25, 0.3) is 10.9 Å². The molecular weight excluding hydrogens is 347 g/mol. The highest BCUT2D eigenvalue weighted by atomic mass is 19.4. The molecule has 9 heteroatoms. The summed E-state index contributed by atoms with van der Waals surface area (Å²) in [5.41, 5.74) is 2.93. The van der Waals surface area contributed by atoms with E-state index in [0.29, 0.717) is 13.1 Å². The van der Waals surface area contributed by atoms with Gasteiger partial charge < -0.3 is 15.1 Å². The Bertz CT molecular complexity index is 846. The second-order valence-corrected chi connectivity index (χ2v) is 6.51. The van der Waals surface area contributed by atoms with Crippen LogP contribution < -0.4 is 10.2 Å². The summed E-state index contributed by atoms with van der Waals surface area (Å²) >= 11 is 0. The average Bonchev–Trinajstić information content (AvgIpc) is 3.09. The highest BCUT2D eigenvalue weighted by Crippen LogP contribution is 2.34. The fraction of sp³-hybridized carbons (Fsp3) is 0.471. The molecule has 0 unspecified atom stereocenters. The van der Waals surface area contributed by atoms with Crippen LogP contribution in [-0.4, -0.2) is 59.7 Å². The minimum atomic E-state index is -4.46. The molecule has 1 saturated heterocycles. The maximum atomic E-state index is 12.4. The van der Waals surface area contributed by atoms with Gasteiger partial charge in [-0.25, -0.2) is 4.98 Å². The zero-order valence-corrected chi connectivity index (χ0v) is 14.0. The minimum Gasteiger partial charge on any atom is -0.369 e. The molecule has 0 atom stereocenters. The lowest BCUT2D eigenvalue weighted by molar-refractivity contribution is -0.161. The van der Waals surface area contributed by atoms with Crippen LogP contribution in [0.5, 0.6) is 0 Å². The topological polar surface area (TPSA) is 61.4 Å². The van der Waals surface area contributed by atoms with Gasteiger partial charge in [0, 0.05) is 55.6 Å². The van der Waals surface area contributed by atoms with Crippen molar-refractivity contribution in [1.29, 1.82) is 0 Å². The van der Waals surface area contributed by atoms with Crippen LogP contribution in [0.2, 0.25) is 0 Å². The number of aromatic nitrogens is 2. The first-order valence-electron chi connectivity index (χ1n) is 8.52.